The molecule has 196 valence electrons. The second-order valence-corrected chi connectivity index (χ2v) is 11.5. The van der Waals surface area contributed by atoms with E-state index in [1.54, 1.807) is 57.9 Å². The van der Waals surface area contributed by atoms with Gasteiger partial charge in [0.05, 0.1) is 28.0 Å². The third-order valence-corrected chi connectivity index (χ3v) is 9.18. The summed E-state index contributed by atoms with van der Waals surface area (Å²) in [7, 11) is 0. The topological polar surface area (TPSA) is 141 Å². The molecule has 10 nitrogen and oxygen atoms in total. The number of fused-ring (bicyclic) bond motifs is 2. The highest BCUT2D eigenvalue weighted by Gasteiger charge is 2.53. The van der Waals surface area contributed by atoms with E-state index in [9.17, 15) is 24.3 Å². The lowest BCUT2D eigenvalue weighted by Crippen LogP contribution is -2.71. The van der Waals surface area contributed by atoms with Gasteiger partial charge in [0, 0.05) is 27.3 Å². The minimum Gasteiger partial charge on any atom is -0.543 e. The molecule has 2 aliphatic rings. The highest BCUT2D eigenvalue weighted by Crippen LogP contribution is 2.40. The van der Waals surface area contributed by atoms with Crippen LogP contribution in [0.4, 0.5) is 0 Å². The maximum Gasteiger partial charge on any atom is 0.286 e. The van der Waals surface area contributed by atoms with Crippen molar-refractivity contribution in [3.8, 4) is 0 Å². The molecule has 4 heterocycles. The molecule has 0 saturated carbocycles. The van der Waals surface area contributed by atoms with Gasteiger partial charge >= 0.3 is 0 Å². The predicted molar refractivity (Wildman–Crippen MR) is 140 cm³/mol. The molecule has 1 aromatic carbocycles. The number of carbonyl (C=O) groups excluding carboxylic acids is 4. The first-order valence-corrected chi connectivity index (χ1v) is 14.0. The number of rotatable bonds is 8. The van der Waals surface area contributed by atoms with Crippen molar-refractivity contribution in [2.24, 2.45) is 5.73 Å². The van der Waals surface area contributed by atoms with Gasteiger partial charge in [-0.1, -0.05) is 23.2 Å². The summed E-state index contributed by atoms with van der Waals surface area (Å²) in [4.78, 5) is 50.9. The summed E-state index contributed by atoms with van der Waals surface area (Å²) in [6.07, 6.45) is 5.04. The second kappa shape index (κ2) is 10.5. The van der Waals surface area contributed by atoms with Crippen LogP contribution in [0.3, 0.4) is 0 Å². The van der Waals surface area contributed by atoms with E-state index in [0.29, 0.717) is 37.5 Å². The van der Waals surface area contributed by atoms with Crippen molar-refractivity contribution in [1.29, 1.82) is 0 Å². The van der Waals surface area contributed by atoms with Gasteiger partial charge < -0.3 is 21.0 Å². The van der Waals surface area contributed by atoms with Gasteiger partial charge in [0.2, 0.25) is 5.91 Å². The maximum atomic E-state index is 13.0. The lowest BCUT2D eigenvalue weighted by Gasteiger charge is -2.50. The van der Waals surface area contributed by atoms with Crippen molar-refractivity contribution in [3.05, 3.63) is 75.8 Å². The van der Waals surface area contributed by atoms with Crippen molar-refractivity contribution in [2.75, 3.05) is 11.5 Å². The number of β-lactam (4-membered cyclic amide) rings is 1. The van der Waals surface area contributed by atoms with E-state index in [1.807, 2.05) is 0 Å². The summed E-state index contributed by atoms with van der Waals surface area (Å²) in [5.74, 6) is -2.61. The zero-order valence-corrected chi connectivity index (χ0v) is 22.6. The van der Waals surface area contributed by atoms with E-state index in [0.717, 1.165) is 0 Å². The average Bonchev–Trinajstić information content (AvgIpc) is 3.29. The number of aliphatic carboxylic acids is 1. The van der Waals surface area contributed by atoms with E-state index in [4.69, 9.17) is 28.9 Å². The van der Waals surface area contributed by atoms with Crippen molar-refractivity contribution in [3.63, 3.8) is 0 Å². The number of nitrogens with zero attached hydrogens (tertiary/aromatic N) is 3. The average molecular weight is 592 g/mol. The van der Waals surface area contributed by atoms with E-state index in [2.05, 4.69) is 5.32 Å². The van der Waals surface area contributed by atoms with Gasteiger partial charge in [-0.3, -0.25) is 19.3 Å². The summed E-state index contributed by atoms with van der Waals surface area (Å²) >= 11 is 14.7. The van der Waals surface area contributed by atoms with Gasteiger partial charge in [-0.05, 0) is 24.3 Å². The molecule has 2 aromatic heterocycles. The summed E-state index contributed by atoms with van der Waals surface area (Å²) in [5, 5.41) is 15.2. The second-order valence-electron chi connectivity index (χ2n) is 8.53. The molecule has 0 aliphatic carbocycles. The van der Waals surface area contributed by atoms with E-state index in [-0.39, 0.29) is 23.9 Å². The minimum atomic E-state index is -1.46. The van der Waals surface area contributed by atoms with Crippen LogP contribution in [0, 0.1) is 0 Å². The third kappa shape index (κ3) is 4.96. The van der Waals surface area contributed by atoms with Crippen LogP contribution in [0.15, 0.2) is 65.1 Å². The van der Waals surface area contributed by atoms with Crippen molar-refractivity contribution >= 4 is 76.1 Å². The maximum absolute atomic E-state index is 13.0. The number of benzene rings is 1. The number of nitrogens with one attached hydrogen (secondary N) is 1. The smallest absolute Gasteiger partial charge is 0.286 e. The standard InChI is InChI=1S/C24H19Cl2N5O5S2/c25-14-2-3-15(26)16(7-14)37-11-17(32)28-19-22(34)31-20(24(35)36)13(10-38-23(19)31)9-30-6-5-29-8-12(21(27)33)1-4-18(29)30/h1-8,19,23H,9-11H2,(H3-,27,28,32,33,35,36)/t19-,23-/m1/s1. The minimum absolute atomic E-state index is 0.00546. The molecule has 38 heavy (non-hydrogen) atoms. The number of pyridine rings is 1. The van der Waals surface area contributed by atoms with Crippen LogP contribution in [0.5, 0.6) is 0 Å². The normalized spacial score (nSPS) is 18.8. The number of carboxylic acids is 1. The zero-order valence-electron chi connectivity index (χ0n) is 19.4. The van der Waals surface area contributed by atoms with Crippen LogP contribution in [0.25, 0.3) is 5.65 Å². The molecule has 5 rings (SSSR count). The molecule has 0 radical (unpaired) electrons. The van der Waals surface area contributed by atoms with E-state index in [1.165, 1.54) is 28.4 Å². The van der Waals surface area contributed by atoms with Crippen LogP contribution in [-0.2, 0) is 20.9 Å². The fourth-order valence-electron chi connectivity index (χ4n) is 4.33. The Balaban J connectivity index is 1.29. The van der Waals surface area contributed by atoms with Gasteiger partial charge in [-0.25, -0.2) is 8.97 Å². The molecule has 2 aliphatic heterocycles. The summed E-state index contributed by atoms with van der Waals surface area (Å²) < 4.78 is 3.50. The number of carboxylic acid groups (broad SMARTS) is 1. The Morgan fingerprint density at radius 3 is 2.76 bits per heavy atom. The molecule has 0 spiro atoms. The Morgan fingerprint density at radius 2 is 2.03 bits per heavy atom. The molecule has 0 bridgehead atoms. The molecule has 3 aromatic rings. The number of amides is 3. The molecule has 1 fully saturated rings. The largest absolute Gasteiger partial charge is 0.543 e. The van der Waals surface area contributed by atoms with Gasteiger partial charge in [0.1, 0.15) is 36.6 Å². The molecule has 2 atom stereocenters. The third-order valence-electron chi connectivity index (χ3n) is 6.11. The van der Waals surface area contributed by atoms with Crippen LogP contribution < -0.4 is 20.7 Å². The molecule has 3 amide bonds. The van der Waals surface area contributed by atoms with Gasteiger partial charge in [0.15, 0.2) is 0 Å². The monoisotopic (exact) mass is 591 g/mol. The van der Waals surface area contributed by atoms with Gasteiger partial charge in [-0.15, -0.1) is 23.5 Å². The lowest BCUT2D eigenvalue weighted by molar-refractivity contribution is -0.662. The highest BCUT2D eigenvalue weighted by atomic mass is 35.5. The number of nitrogens with two attached hydrogens (primary N) is 1. The number of aromatic nitrogens is 2. The predicted octanol–water partition coefficient (Wildman–Crippen LogP) is 0.829. The summed E-state index contributed by atoms with van der Waals surface area (Å²) in [6.45, 7) is 0.188. The highest BCUT2D eigenvalue weighted by molar-refractivity contribution is 8.00. The summed E-state index contributed by atoms with van der Waals surface area (Å²) in [6, 6.07) is 7.36. The van der Waals surface area contributed by atoms with Crippen LogP contribution >= 0.6 is 46.7 Å². The van der Waals surface area contributed by atoms with E-state index < -0.39 is 29.2 Å². The molecule has 14 heteroatoms. The number of imidazole rings is 1. The Kier molecular flexibility index (Phi) is 7.32. The zero-order chi connectivity index (χ0) is 27.1. The first-order chi connectivity index (χ1) is 18.1. The SMILES string of the molecule is NC(=O)c1ccc2n(cc[n+]2CC2=C(C(=O)[O-])N3C(=O)[C@@H](NC(=O)CSc4cc(Cl)ccc4Cl)[C@H]3SC2)c1. The number of thioether (sulfide) groups is 2. The Labute approximate surface area is 234 Å². The number of halogens is 2. The Bertz CT molecular complexity index is 1540. The first-order valence-electron chi connectivity index (χ1n) is 11.2. The summed E-state index contributed by atoms with van der Waals surface area (Å²) in [5.41, 5.74) is 6.67. The van der Waals surface area contributed by atoms with Crippen molar-refractivity contribution in [2.45, 2.75) is 22.9 Å². The van der Waals surface area contributed by atoms with Crippen molar-refractivity contribution < 1.29 is 28.9 Å². The molecule has 0 unspecified atom stereocenters. The van der Waals surface area contributed by atoms with Crippen LogP contribution in [0.1, 0.15) is 10.4 Å². The van der Waals surface area contributed by atoms with Crippen LogP contribution in [-0.4, -0.2) is 55.9 Å². The quantitative estimate of drug-likeness (QED) is 0.224. The molecule has 3 N–H and O–H groups in total. The van der Waals surface area contributed by atoms with Crippen LogP contribution in [0.2, 0.25) is 10.0 Å². The number of hydrogen-bond donors (Lipinski definition) is 2. The Hall–Kier alpha value is -3.19. The number of carbonyl (C=O) groups is 4. The molecular formula is C24H19Cl2N5O5S2. The van der Waals surface area contributed by atoms with Gasteiger partial charge in [0.25, 0.3) is 17.5 Å². The first kappa shape index (κ1) is 26.4. The fraction of sp³-hybridized carbons (Fsp3) is 0.208. The number of hydrogen-bond acceptors (Lipinski definition) is 7. The van der Waals surface area contributed by atoms with Crippen molar-refractivity contribution in [1.82, 2.24) is 14.6 Å². The lowest BCUT2D eigenvalue weighted by atomic mass is 10.0. The Morgan fingerprint density at radius 1 is 1.24 bits per heavy atom. The molecular weight excluding hydrogens is 573 g/mol. The number of primary amides is 1. The van der Waals surface area contributed by atoms with E-state index >= 15 is 0 Å². The fourth-order valence-corrected chi connectivity index (χ4v) is 6.97. The molecule has 1 saturated heterocycles. The van der Waals surface area contributed by atoms with Gasteiger partial charge in [-0.2, -0.15) is 0 Å².